The molecule has 1 aromatic carbocycles. The fourth-order valence-corrected chi connectivity index (χ4v) is 2.28. The molecular formula is C14H12B2. The number of allylic oxidation sites excluding steroid dienone is 5. The maximum atomic E-state index is 6.20. The highest BCUT2D eigenvalue weighted by atomic mass is 14.3. The summed E-state index contributed by atoms with van der Waals surface area (Å²) in [6, 6.07) is 7.96. The lowest BCUT2D eigenvalue weighted by atomic mass is 9.49. The summed E-state index contributed by atoms with van der Waals surface area (Å²) in [4.78, 5) is 0. The third-order valence-corrected chi connectivity index (χ3v) is 2.97. The highest BCUT2D eigenvalue weighted by Gasteiger charge is 2.35. The molecule has 0 unspecified atom stereocenters. The summed E-state index contributed by atoms with van der Waals surface area (Å²) < 4.78 is 0. The van der Waals surface area contributed by atoms with Crippen molar-refractivity contribution in [2.75, 3.05) is 0 Å². The van der Waals surface area contributed by atoms with Crippen molar-refractivity contribution in [3.8, 4) is 0 Å². The molecule has 2 heteroatoms. The Hall–Kier alpha value is -1.43. The highest BCUT2D eigenvalue weighted by Crippen LogP contribution is 2.46. The van der Waals surface area contributed by atoms with Crippen LogP contribution in [0.5, 0.6) is 0 Å². The molecule has 0 N–H and O–H groups in total. The van der Waals surface area contributed by atoms with Gasteiger partial charge >= 0.3 is 0 Å². The molecule has 0 saturated heterocycles. The maximum Gasteiger partial charge on any atom is 0.0745 e. The van der Waals surface area contributed by atoms with Gasteiger partial charge in [0.05, 0.1) is 15.7 Å². The van der Waals surface area contributed by atoms with E-state index in [1.54, 1.807) is 6.08 Å². The molecule has 16 heavy (non-hydrogen) atoms. The maximum absolute atomic E-state index is 6.20. The molecule has 1 aliphatic carbocycles. The summed E-state index contributed by atoms with van der Waals surface area (Å²) in [6.07, 6.45) is 5.68. The van der Waals surface area contributed by atoms with Crippen LogP contribution in [0.2, 0.25) is 0 Å². The molecule has 0 nitrogen and oxygen atoms in total. The summed E-state index contributed by atoms with van der Waals surface area (Å²) in [5, 5.41) is -0.889. The largest absolute Gasteiger partial charge is 0.0990 e. The molecule has 1 aliphatic rings. The second-order valence-corrected chi connectivity index (χ2v) is 3.93. The third kappa shape index (κ3) is 1.41. The molecule has 74 valence electrons. The Morgan fingerprint density at radius 1 is 1.25 bits per heavy atom. The lowest BCUT2D eigenvalue weighted by Gasteiger charge is -2.22. The van der Waals surface area contributed by atoms with Crippen LogP contribution in [-0.2, 0) is 5.21 Å². The molecule has 4 radical (unpaired) electrons. The molecule has 0 amide bonds. The fourth-order valence-electron chi connectivity index (χ4n) is 2.28. The molecular weight excluding hydrogens is 190 g/mol. The van der Waals surface area contributed by atoms with Crippen LogP contribution in [0.1, 0.15) is 18.1 Å². The highest BCUT2D eigenvalue weighted by molar-refractivity contribution is 6.45. The van der Waals surface area contributed by atoms with Crippen molar-refractivity contribution in [3.63, 3.8) is 0 Å². The number of fused-ring (bicyclic) bond motifs is 1. The minimum atomic E-state index is -0.889. The van der Waals surface area contributed by atoms with Crippen LogP contribution in [-0.4, -0.2) is 15.7 Å². The van der Waals surface area contributed by atoms with Gasteiger partial charge in [-0.3, -0.25) is 0 Å². The van der Waals surface area contributed by atoms with Crippen LogP contribution in [0.25, 0.3) is 5.57 Å². The SMILES string of the molecule is [B]C1([B])C(=C/C)/C(=C\C=C)c2ccccc21. The third-order valence-electron chi connectivity index (χ3n) is 2.97. The first-order valence-corrected chi connectivity index (χ1v) is 5.30. The number of hydrogen-bond acceptors (Lipinski definition) is 0. The van der Waals surface area contributed by atoms with E-state index < -0.39 is 5.21 Å². The average molecular weight is 202 g/mol. The van der Waals surface area contributed by atoms with Crippen LogP contribution in [0.15, 0.2) is 54.6 Å². The first kappa shape index (κ1) is 11.1. The standard InChI is InChI=1S/C14H12B2/c1-3-7-10-11-8-5-6-9-13(11)14(15,16)12(10)4-2/h3-9H,1H2,2H3/b10-7-,12-4+. The van der Waals surface area contributed by atoms with E-state index in [-0.39, 0.29) is 0 Å². The number of benzene rings is 1. The fraction of sp³-hybridized carbons (Fsp3) is 0.143. The Balaban J connectivity index is 2.76. The van der Waals surface area contributed by atoms with E-state index in [1.165, 1.54) is 0 Å². The summed E-state index contributed by atoms with van der Waals surface area (Å²) in [7, 11) is 12.4. The van der Waals surface area contributed by atoms with Crippen LogP contribution < -0.4 is 0 Å². The van der Waals surface area contributed by atoms with Gasteiger partial charge in [-0.1, -0.05) is 59.9 Å². The van der Waals surface area contributed by atoms with E-state index in [0.717, 1.165) is 22.3 Å². The monoisotopic (exact) mass is 202 g/mol. The van der Waals surface area contributed by atoms with Gasteiger partial charge in [-0.15, -0.1) is 0 Å². The van der Waals surface area contributed by atoms with Crippen LogP contribution in [0.3, 0.4) is 0 Å². The van der Waals surface area contributed by atoms with Gasteiger partial charge in [0.1, 0.15) is 0 Å². The molecule has 1 aromatic rings. The minimum absolute atomic E-state index is 0.889. The van der Waals surface area contributed by atoms with E-state index >= 15 is 0 Å². The summed E-state index contributed by atoms with van der Waals surface area (Å²) in [5.74, 6) is 0. The minimum Gasteiger partial charge on any atom is -0.0990 e. The van der Waals surface area contributed by atoms with E-state index in [9.17, 15) is 0 Å². The zero-order chi connectivity index (χ0) is 11.8. The summed E-state index contributed by atoms with van der Waals surface area (Å²) in [6.45, 7) is 5.68. The van der Waals surface area contributed by atoms with Crippen molar-refractivity contribution in [2.45, 2.75) is 12.1 Å². The Bertz CT molecular complexity index is 493. The van der Waals surface area contributed by atoms with Crippen molar-refractivity contribution < 1.29 is 0 Å². The summed E-state index contributed by atoms with van der Waals surface area (Å²) >= 11 is 0. The topological polar surface area (TPSA) is 0 Å². The molecule has 2 rings (SSSR count). The molecule has 0 bridgehead atoms. The first-order valence-electron chi connectivity index (χ1n) is 5.30. The van der Waals surface area contributed by atoms with Gasteiger partial charge in [0.2, 0.25) is 0 Å². The van der Waals surface area contributed by atoms with Gasteiger partial charge in [-0.05, 0) is 23.6 Å². The lowest BCUT2D eigenvalue weighted by Crippen LogP contribution is -2.25. The van der Waals surface area contributed by atoms with E-state index in [1.807, 2.05) is 43.3 Å². The molecule has 0 heterocycles. The van der Waals surface area contributed by atoms with E-state index in [4.69, 9.17) is 15.7 Å². The van der Waals surface area contributed by atoms with Crippen molar-refractivity contribution in [3.05, 3.63) is 65.8 Å². The van der Waals surface area contributed by atoms with Gasteiger partial charge in [0, 0.05) is 0 Å². The zero-order valence-corrected chi connectivity index (χ0v) is 9.40. The van der Waals surface area contributed by atoms with E-state index in [0.29, 0.717) is 0 Å². The molecule has 0 aliphatic heterocycles. The van der Waals surface area contributed by atoms with Crippen LogP contribution in [0.4, 0.5) is 0 Å². The predicted molar refractivity (Wildman–Crippen MR) is 71.6 cm³/mol. The first-order chi connectivity index (χ1) is 7.62. The van der Waals surface area contributed by atoms with Crippen LogP contribution in [0, 0.1) is 0 Å². The smallest absolute Gasteiger partial charge is 0.0745 e. The molecule has 0 atom stereocenters. The van der Waals surface area contributed by atoms with Gasteiger partial charge in [0.25, 0.3) is 0 Å². The van der Waals surface area contributed by atoms with E-state index in [2.05, 4.69) is 6.58 Å². The predicted octanol–water partition coefficient (Wildman–Crippen LogP) is 2.71. The zero-order valence-electron chi connectivity index (χ0n) is 9.40. The Morgan fingerprint density at radius 3 is 2.56 bits per heavy atom. The van der Waals surface area contributed by atoms with Gasteiger partial charge in [0.15, 0.2) is 0 Å². The van der Waals surface area contributed by atoms with Crippen LogP contribution >= 0.6 is 0 Å². The Labute approximate surface area is 99.6 Å². The van der Waals surface area contributed by atoms with Gasteiger partial charge < -0.3 is 0 Å². The van der Waals surface area contributed by atoms with Crippen molar-refractivity contribution in [1.29, 1.82) is 0 Å². The molecule has 0 aromatic heterocycles. The van der Waals surface area contributed by atoms with Crippen molar-refractivity contribution in [2.24, 2.45) is 0 Å². The molecule has 0 saturated carbocycles. The normalized spacial score (nSPS) is 22.3. The quantitative estimate of drug-likeness (QED) is 0.614. The molecule has 0 fully saturated rings. The van der Waals surface area contributed by atoms with Crippen molar-refractivity contribution in [1.82, 2.24) is 0 Å². The number of hydrogen-bond donors (Lipinski definition) is 0. The average Bonchev–Trinajstić information content (AvgIpc) is 2.49. The van der Waals surface area contributed by atoms with Gasteiger partial charge in [-0.2, -0.15) is 0 Å². The number of rotatable bonds is 1. The Morgan fingerprint density at radius 2 is 1.94 bits per heavy atom. The summed E-state index contributed by atoms with van der Waals surface area (Å²) in [5.41, 5.74) is 4.09. The Kier molecular flexibility index (Phi) is 2.67. The van der Waals surface area contributed by atoms with Gasteiger partial charge in [-0.25, -0.2) is 0 Å². The second-order valence-electron chi connectivity index (χ2n) is 3.93. The second kappa shape index (κ2) is 3.86. The van der Waals surface area contributed by atoms with Crippen molar-refractivity contribution >= 4 is 21.3 Å². The molecule has 0 spiro atoms. The lowest BCUT2D eigenvalue weighted by molar-refractivity contribution is 1.08.